The van der Waals surface area contributed by atoms with E-state index in [1.807, 2.05) is 26.0 Å². The normalized spacial score (nSPS) is 15.0. The van der Waals surface area contributed by atoms with Crippen molar-refractivity contribution in [2.75, 3.05) is 37.7 Å². The molecule has 1 aromatic rings. The zero-order valence-electron chi connectivity index (χ0n) is 12.5. The maximum Gasteiger partial charge on any atom is 0.409 e. The summed E-state index contributed by atoms with van der Waals surface area (Å²) in [5.41, 5.74) is 8.91. The molecular weight excluding hydrogens is 286 g/mol. The van der Waals surface area contributed by atoms with Crippen molar-refractivity contribution in [2.24, 2.45) is 5.73 Å². The zero-order valence-corrected chi connectivity index (χ0v) is 13.3. The van der Waals surface area contributed by atoms with Gasteiger partial charge < -0.3 is 20.3 Å². The van der Waals surface area contributed by atoms with E-state index in [1.165, 1.54) is 0 Å². The largest absolute Gasteiger partial charge is 0.450 e. The van der Waals surface area contributed by atoms with Crippen LogP contribution in [0, 0.1) is 6.92 Å². The van der Waals surface area contributed by atoms with Gasteiger partial charge in [0.15, 0.2) is 0 Å². The van der Waals surface area contributed by atoms with Crippen molar-refractivity contribution in [3.63, 3.8) is 0 Å². The molecule has 5 nitrogen and oxygen atoms in total. The minimum absolute atomic E-state index is 0.240. The Balaban J connectivity index is 2.10. The molecule has 21 heavy (non-hydrogen) atoms. The summed E-state index contributed by atoms with van der Waals surface area (Å²) in [7, 11) is 0. The fourth-order valence-electron chi connectivity index (χ4n) is 2.46. The zero-order chi connectivity index (χ0) is 15.4. The summed E-state index contributed by atoms with van der Waals surface area (Å²) in [6.07, 6.45) is -0.240. The van der Waals surface area contributed by atoms with Gasteiger partial charge in [0.25, 0.3) is 0 Å². The number of hydrogen-bond acceptors (Lipinski definition) is 4. The van der Waals surface area contributed by atoms with E-state index in [1.54, 1.807) is 4.90 Å². The number of amides is 1. The summed E-state index contributed by atoms with van der Waals surface area (Å²) >= 11 is 5.13. The number of aryl methyl sites for hydroxylation is 1. The molecule has 1 aromatic carbocycles. The molecular formula is C15H21N3O2S. The van der Waals surface area contributed by atoms with Crippen LogP contribution in [0.15, 0.2) is 18.2 Å². The summed E-state index contributed by atoms with van der Waals surface area (Å²) in [6.45, 7) is 7.04. The Bertz CT molecular complexity index is 540. The van der Waals surface area contributed by atoms with Crippen LogP contribution in [-0.2, 0) is 4.74 Å². The van der Waals surface area contributed by atoms with E-state index in [0.29, 0.717) is 24.7 Å². The van der Waals surface area contributed by atoms with Crippen LogP contribution in [0.2, 0.25) is 0 Å². The molecule has 0 aliphatic carbocycles. The fraction of sp³-hybridized carbons (Fsp3) is 0.467. The minimum Gasteiger partial charge on any atom is -0.450 e. The van der Waals surface area contributed by atoms with Crippen LogP contribution in [0.3, 0.4) is 0 Å². The number of hydrogen-bond donors (Lipinski definition) is 1. The summed E-state index contributed by atoms with van der Waals surface area (Å²) < 4.78 is 5.03. The van der Waals surface area contributed by atoms with Crippen LogP contribution in [0.1, 0.15) is 18.1 Å². The third-order valence-corrected chi connectivity index (χ3v) is 3.78. The third-order valence-electron chi connectivity index (χ3n) is 3.57. The summed E-state index contributed by atoms with van der Waals surface area (Å²) in [5, 5.41) is 0. The SMILES string of the molecule is CCOC(=O)N1CCN(c2cc(C)ccc2C(N)=S)CC1. The first-order chi connectivity index (χ1) is 10.0. The number of nitrogens with two attached hydrogens (primary N) is 1. The molecule has 0 saturated carbocycles. The number of carbonyl (C=O) groups is 1. The Morgan fingerprint density at radius 2 is 2.00 bits per heavy atom. The van der Waals surface area contributed by atoms with Crippen molar-refractivity contribution in [1.82, 2.24) is 4.90 Å². The standard InChI is InChI=1S/C15H21N3O2S/c1-3-20-15(19)18-8-6-17(7-9-18)13-10-11(2)4-5-12(13)14(16)21/h4-5,10H,3,6-9H2,1-2H3,(H2,16,21). The predicted octanol–water partition coefficient (Wildman–Crippen LogP) is 1.91. The molecule has 0 aromatic heterocycles. The van der Waals surface area contributed by atoms with Gasteiger partial charge in [0.05, 0.1) is 6.61 Å². The molecule has 1 aliphatic heterocycles. The van der Waals surface area contributed by atoms with E-state index in [4.69, 9.17) is 22.7 Å². The lowest BCUT2D eigenvalue weighted by molar-refractivity contribution is 0.105. The molecule has 1 fully saturated rings. The van der Waals surface area contributed by atoms with E-state index >= 15 is 0 Å². The van der Waals surface area contributed by atoms with Crippen LogP contribution >= 0.6 is 12.2 Å². The molecule has 1 amide bonds. The highest BCUT2D eigenvalue weighted by Crippen LogP contribution is 2.23. The van der Waals surface area contributed by atoms with Gasteiger partial charge in [0.1, 0.15) is 4.99 Å². The van der Waals surface area contributed by atoms with Gasteiger partial charge in [-0.15, -0.1) is 0 Å². The molecule has 0 bridgehead atoms. The van der Waals surface area contributed by atoms with Crippen LogP contribution in [-0.4, -0.2) is 48.8 Å². The lowest BCUT2D eigenvalue weighted by Crippen LogP contribution is -2.49. The maximum absolute atomic E-state index is 11.7. The second-order valence-corrected chi connectivity index (χ2v) is 5.50. The van der Waals surface area contributed by atoms with Crippen LogP contribution < -0.4 is 10.6 Å². The van der Waals surface area contributed by atoms with Crippen LogP contribution in [0.5, 0.6) is 0 Å². The topological polar surface area (TPSA) is 58.8 Å². The van der Waals surface area contributed by atoms with Gasteiger partial charge in [0, 0.05) is 37.4 Å². The maximum atomic E-state index is 11.7. The molecule has 0 spiro atoms. The monoisotopic (exact) mass is 307 g/mol. The molecule has 1 saturated heterocycles. The van der Waals surface area contributed by atoms with Gasteiger partial charge >= 0.3 is 6.09 Å². The summed E-state index contributed by atoms with van der Waals surface area (Å²) in [5.74, 6) is 0. The average Bonchev–Trinajstić information content (AvgIpc) is 2.47. The molecule has 0 atom stereocenters. The molecule has 0 radical (unpaired) electrons. The highest BCUT2D eigenvalue weighted by molar-refractivity contribution is 7.80. The van der Waals surface area contributed by atoms with E-state index in [9.17, 15) is 4.79 Å². The second-order valence-electron chi connectivity index (χ2n) is 5.06. The first kappa shape index (κ1) is 15.6. The molecule has 6 heteroatoms. The fourth-order valence-corrected chi connectivity index (χ4v) is 2.63. The van der Waals surface area contributed by atoms with Crippen molar-refractivity contribution >= 4 is 29.0 Å². The molecule has 0 unspecified atom stereocenters. The molecule has 114 valence electrons. The second kappa shape index (κ2) is 6.76. The van der Waals surface area contributed by atoms with Crippen molar-refractivity contribution in [3.8, 4) is 0 Å². The van der Waals surface area contributed by atoms with Gasteiger partial charge in [-0.3, -0.25) is 0 Å². The highest BCUT2D eigenvalue weighted by atomic mass is 32.1. The Hall–Kier alpha value is -1.82. The number of carbonyl (C=O) groups excluding carboxylic acids is 1. The van der Waals surface area contributed by atoms with Gasteiger partial charge in [0.2, 0.25) is 0 Å². The van der Waals surface area contributed by atoms with Crippen molar-refractivity contribution in [1.29, 1.82) is 0 Å². The quantitative estimate of drug-likeness (QED) is 0.865. The first-order valence-electron chi connectivity index (χ1n) is 7.10. The van der Waals surface area contributed by atoms with E-state index in [0.717, 1.165) is 29.9 Å². The Kier molecular flexibility index (Phi) is 5.01. The Morgan fingerprint density at radius 1 is 1.33 bits per heavy atom. The number of benzene rings is 1. The number of ether oxygens (including phenoxy) is 1. The van der Waals surface area contributed by atoms with E-state index in [2.05, 4.69) is 11.0 Å². The lowest BCUT2D eigenvalue weighted by Gasteiger charge is -2.36. The number of anilines is 1. The Labute approximate surface area is 130 Å². The smallest absolute Gasteiger partial charge is 0.409 e. The molecule has 2 N–H and O–H groups in total. The summed E-state index contributed by atoms with van der Waals surface area (Å²) in [4.78, 5) is 16.1. The third kappa shape index (κ3) is 3.64. The van der Waals surface area contributed by atoms with Crippen LogP contribution in [0.25, 0.3) is 0 Å². The molecule has 1 heterocycles. The highest BCUT2D eigenvalue weighted by Gasteiger charge is 2.23. The summed E-state index contributed by atoms with van der Waals surface area (Å²) in [6, 6.07) is 6.06. The van der Waals surface area contributed by atoms with Gasteiger partial charge in [-0.05, 0) is 31.5 Å². The van der Waals surface area contributed by atoms with Crippen LogP contribution in [0.4, 0.5) is 10.5 Å². The van der Waals surface area contributed by atoms with Crippen molar-refractivity contribution < 1.29 is 9.53 Å². The van der Waals surface area contributed by atoms with Gasteiger partial charge in [-0.1, -0.05) is 18.3 Å². The number of rotatable bonds is 3. The number of piperazine rings is 1. The predicted molar refractivity (Wildman–Crippen MR) is 87.9 cm³/mol. The average molecular weight is 307 g/mol. The number of nitrogens with zero attached hydrogens (tertiary/aromatic N) is 2. The van der Waals surface area contributed by atoms with Crippen molar-refractivity contribution in [2.45, 2.75) is 13.8 Å². The van der Waals surface area contributed by atoms with Gasteiger partial charge in [-0.2, -0.15) is 0 Å². The van der Waals surface area contributed by atoms with E-state index < -0.39 is 0 Å². The van der Waals surface area contributed by atoms with Gasteiger partial charge in [-0.25, -0.2) is 4.79 Å². The molecule has 2 rings (SSSR count). The molecule has 1 aliphatic rings. The first-order valence-corrected chi connectivity index (χ1v) is 7.51. The lowest BCUT2D eigenvalue weighted by atomic mass is 10.1. The van der Waals surface area contributed by atoms with Crippen molar-refractivity contribution in [3.05, 3.63) is 29.3 Å². The Morgan fingerprint density at radius 3 is 2.57 bits per heavy atom. The number of thiocarbonyl (C=S) groups is 1. The minimum atomic E-state index is -0.240. The van der Waals surface area contributed by atoms with E-state index in [-0.39, 0.29) is 6.09 Å².